The van der Waals surface area contributed by atoms with Gasteiger partial charge in [-0.2, -0.15) is 0 Å². The number of para-hydroxylation sites is 1. The normalized spacial score (nSPS) is 12.7. The number of hydrogen-bond donors (Lipinski definition) is 2. The van der Waals surface area contributed by atoms with E-state index in [1.807, 2.05) is 45.0 Å². The minimum atomic E-state index is 0.0477. The van der Waals surface area contributed by atoms with Crippen LogP contribution in [0.4, 0.5) is 0 Å². The predicted molar refractivity (Wildman–Crippen MR) is 73.4 cm³/mol. The summed E-state index contributed by atoms with van der Waals surface area (Å²) in [7, 11) is 0. The Morgan fingerprint density at radius 2 is 2.00 bits per heavy atom. The van der Waals surface area contributed by atoms with Crippen LogP contribution in [0.2, 0.25) is 0 Å². The number of ether oxygens (including phenoxy) is 2. The standard InChI is InChI=1S/C14H24N2O2/c1-4-17-10-9-13(16-15)12-7-5-6-8-14(12)18-11(2)3/h5-8,11,13,16H,4,9-10,15H2,1-3H3. The molecule has 1 rings (SSSR count). The summed E-state index contributed by atoms with van der Waals surface area (Å²) in [4.78, 5) is 0. The van der Waals surface area contributed by atoms with Gasteiger partial charge in [-0.3, -0.25) is 11.3 Å². The van der Waals surface area contributed by atoms with Crippen LogP contribution in [0.1, 0.15) is 38.8 Å². The van der Waals surface area contributed by atoms with Crippen LogP contribution in [0.3, 0.4) is 0 Å². The van der Waals surface area contributed by atoms with E-state index in [-0.39, 0.29) is 12.1 Å². The van der Waals surface area contributed by atoms with E-state index in [2.05, 4.69) is 5.43 Å². The summed E-state index contributed by atoms with van der Waals surface area (Å²) in [6.45, 7) is 7.42. The average Bonchev–Trinajstić information content (AvgIpc) is 2.35. The van der Waals surface area contributed by atoms with Gasteiger partial charge in [-0.25, -0.2) is 0 Å². The van der Waals surface area contributed by atoms with Crippen LogP contribution in [0, 0.1) is 0 Å². The molecule has 0 saturated carbocycles. The third-order valence-corrected chi connectivity index (χ3v) is 2.61. The van der Waals surface area contributed by atoms with E-state index < -0.39 is 0 Å². The van der Waals surface area contributed by atoms with Crippen LogP contribution in [-0.4, -0.2) is 19.3 Å². The van der Waals surface area contributed by atoms with Gasteiger partial charge >= 0.3 is 0 Å². The minimum Gasteiger partial charge on any atom is -0.491 e. The minimum absolute atomic E-state index is 0.0477. The van der Waals surface area contributed by atoms with Crippen molar-refractivity contribution in [1.82, 2.24) is 5.43 Å². The molecule has 0 heterocycles. The molecular formula is C14H24N2O2. The first kappa shape index (κ1) is 15.0. The number of rotatable bonds is 8. The van der Waals surface area contributed by atoms with Gasteiger partial charge in [0.05, 0.1) is 12.1 Å². The smallest absolute Gasteiger partial charge is 0.124 e. The van der Waals surface area contributed by atoms with Crippen LogP contribution in [0.25, 0.3) is 0 Å². The predicted octanol–water partition coefficient (Wildman–Crippen LogP) is 2.40. The molecule has 0 bridgehead atoms. The first-order chi connectivity index (χ1) is 8.69. The van der Waals surface area contributed by atoms with Crippen LogP contribution in [0.15, 0.2) is 24.3 Å². The highest BCUT2D eigenvalue weighted by molar-refractivity contribution is 5.36. The molecule has 3 N–H and O–H groups in total. The molecule has 0 spiro atoms. The lowest BCUT2D eigenvalue weighted by Gasteiger charge is -2.21. The highest BCUT2D eigenvalue weighted by atomic mass is 16.5. The molecule has 1 aromatic rings. The third-order valence-electron chi connectivity index (χ3n) is 2.61. The zero-order valence-corrected chi connectivity index (χ0v) is 11.5. The van der Waals surface area contributed by atoms with Gasteiger partial charge in [0, 0.05) is 18.8 Å². The van der Waals surface area contributed by atoms with E-state index in [1.165, 1.54) is 0 Å². The van der Waals surface area contributed by atoms with Crippen molar-refractivity contribution in [3.8, 4) is 5.75 Å². The molecule has 102 valence electrons. The van der Waals surface area contributed by atoms with E-state index >= 15 is 0 Å². The molecule has 1 aromatic carbocycles. The average molecular weight is 252 g/mol. The van der Waals surface area contributed by atoms with E-state index in [9.17, 15) is 0 Å². The number of nitrogens with two attached hydrogens (primary N) is 1. The molecule has 0 aliphatic rings. The van der Waals surface area contributed by atoms with Gasteiger partial charge in [0.15, 0.2) is 0 Å². The zero-order chi connectivity index (χ0) is 13.4. The maximum Gasteiger partial charge on any atom is 0.124 e. The molecule has 4 heteroatoms. The Kier molecular flexibility index (Phi) is 6.72. The number of hydrazine groups is 1. The molecular weight excluding hydrogens is 228 g/mol. The number of hydrogen-bond acceptors (Lipinski definition) is 4. The highest BCUT2D eigenvalue weighted by Gasteiger charge is 2.15. The fraction of sp³-hybridized carbons (Fsp3) is 0.571. The van der Waals surface area contributed by atoms with E-state index in [1.54, 1.807) is 0 Å². The van der Waals surface area contributed by atoms with Crippen LogP contribution in [0.5, 0.6) is 5.75 Å². The fourth-order valence-corrected chi connectivity index (χ4v) is 1.80. The Morgan fingerprint density at radius 3 is 2.61 bits per heavy atom. The second-order valence-corrected chi connectivity index (χ2v) is 4.41. The van der Waals surface area contributed by atoms with Crippen molar-refractivity contribution in [2.75, 3.05) is 13.2 Å². The van der Waals surface area contributed by atoms with Crippen molar-refractivity contribution >= 4 is 0 Å². The molecule has 1 atom stereocenters. The van der Waals surface area contributed by atoms with E-state index in [0.717, 1.165) is 24.3 Å². The summed E-state index contributed by atoms with van der Waals surface area (Å²) in [6.07, 6.45) is 0.972. The molecule has 0 radical (unpaired) electrons. The summed E-state index contributed by atoms with van der Waals surface area (Å²) >= 11 is 0. The molecule has 0 saturated heterocycles. The van der Waals surface area contributed by atoms with Gasteiger partial charge in [-0.05, 0) is 33.3 Å². The van der Waals surface area contributed by atoms with Gasteiger partial charge in [-0.1, -0.05) is 18.2 Å². The largest absolute Gasteiger partial charge is 0.491 e. The molecule has 0 aromatic heterocycles. The lowest BCUT2D eigenvalue weighted by atomic mass is 10.0. The summed E-state index contributed by atoms with van der Waals surface area (Å²) in [6, 6.07) is 8.02. The number of benzene rings is 1. The molecule has 1 unspecified atom stereocenters. The van der Waals surface area contributed by atoms with Crippen LogP contribution in [-0.2, 0) is 4.74 Å². The topological polar surface area (TPSA) is 56.5 Å². The summed E-state index contributed by atoms with van der Waals surface area (Å²) < 4.78 is 11.2. The zero-order valence-electron chi connectivity index (χ0n) is 11.5. The van der Waals surface area contributed by atoms with Gasteiger partial charge in [0.1, 0.15) is 5.75 Å². The van der Waals surface area contributed by atoms with E-state index in [4.69, 9.17) is 15.3 Å². The maximum absolute atomic E-state index is 5.80. The van der Waals surface area contributed by atoms with Crippen molar-refractivity contribution in [3.63, 3.8) is 0 Å². The Labute approximate surface area is 109 Å². The lowest BCUT2D eigenvalue weighted by molar-refractivity contribution is 0.135. The van der Waals surface area contributed by atoms with Gasteiger partial charge in [0.2, 0.25) is 0 Å². The fourth-order valence-electron chi connectivity index (χ4n) is 1.80. The molecule has 0 fully saturated rings. The first-order valence-electron chi connectivity index (χ1n) is 6.48. The van der Waals surface area contributed by atoms with E-state index in [0.29, 0.717) is 6.61 Å². The maximum atomic E-state index is 5.80. The lowest BCUT2D eigenvalue weighted by Crippen LogP contribution is -2.29. The molecule has 0 aliphatic heterocycles. The van der Waals surface area contributed by atoms with Crippen LogP contribution >= 0.6 is 0 Å². The van der Waals surface area contributed by atoms with Gasteiger partial charge in [-0.15, -0.1) is 0 Å². The molecule has 4 nitrogen and oxygen atoms in total. The molecule has 18 heavy (non-hydrogen) atoms. The first-order valence-corrected chi connectivity index (χ1v) is 6.48. The molecule has 0 aliphatic carbocycles. The Hall–Kier alpha value is -1.10. The quantitative estimate of drug-likeness (QED) is 0.424. The monoisotopic (exact) mass is 252 g/mol. The summed E-state index contributed by atoms with van der Waals surface area (Å²) in [5.41, 5.74) is 3.91. The SMILES string of the molecule is CCOCCC(NN)c1ccccc1OC(C)C. The summed E-state index contributed by atoms with van der Waals surface area (Å²) in [5, 5.41) is 0. The van der Waals surface area contributed by atoms with Crippen molar-refractivity contribution in [3.05, 3.63) is 29.8 Å². The second-order valence-electron chi connectivity index (χ2n) is 4.41. The van der Waals surface area contributed by atoms with Crippen molar-refractivity contribution in [2.45, 2.75) is 39.3 Å². The van der Waals surface area contributed by atoms with Crippen LogP contribution < -0.4 is 16.0 Å². The highest BCUT2D eigenvalue weighted by Crippen LogP contribution is 2.27. The Morgan fingerprint density at radius 1 is 1.28 bits per heavy atom. The van der Waals surface area contributed by atoms with Crippen molar-refractivity contribution in [2.24, 2.45) is 5.84 Å². The number of nitrogens with one attached hydrogen (secondary N) is 1. The van der Waals surface area contributed by atoms with Gasteiger partial charge in [0.25, 0.3) is 0 Å². The second kappa shape index (κ2) is 8.08. The Bertz CT molecular complexity index is 342. The Balaban J connectivity index is 2.77. The van der Waals surface area contributed by atoms with Crippen molar-refractivity contribution < 1.29 is 9.47 Å². The van der Waals surface area contributed by atoms with Gasteiger partial charge < -0.3 is 9.47 Å². The third kappa shape index (κ3) is 4.64. The van der Waals surface area contributed by atoms with Crippen molar-refractivity contribution in [1.29, 1.82) is 0 Å². The molecule has 0 amide bonds. The summed E-state index contributed by atoms with van der Waals surface area (Å²) in [5.74, 6) is 6.51.